The van der Waals surface area contributed by atoms with Crippen LogP contribution in [0.4, 0.5) is 0 Å². The predicted molar refractivity (Wildman–Crippen MR) is 77.8 cm³/mol. The largest absolute Gasteiger partial charge is 0.478 e. The van der Waals surface area contributed by atoms with Crippen LogP contribution in [0, 0.1) is 18.8 Å². The summed E-state index contributed by atoms with van der Waals surface area (Å²) in [7, 11) is 0.0777. The van der Waals surface area contributed by atoms with Gasteiger partial charge >= 0.3 is 5.97 Å². The van der Waals surface area contributed by atoms with Crippen molar-refractivity contribution in [2.75, 3.05) is 12.9 Å². The minimum absolute atomic E-state index is 0.0777. The Bertz CT molecular complexity index is 470. The van der Waals surface area contributed by atoms with Crippen LogP contribution in [0.25, 0.3) is 0 Å². The molecule has 0 amide bonds. The molecule has 0 aliphatic carbocycles. The van der Waals surface area contributed by atoms with Crippen LogP contribution in [0.3, 0.4) is 0 Å². The molecule has 0 aromatic heterocycles. The quantitative estimate of drug-likeness (QED) is 0.158. The summed E-state index contributed by atoms with van der Waals surface area (Å²) in [5.74, 6) is 0.771. The molecular weight excluding hydrogens is 287 g/mol. The van der Waals surface area contributed by atoms with Gasteiger partial charge in [-0.05, 0) is 44.9 Å². The highest BCUT2D eigenvalue weighted by Crippen LogP contribution is 2.31. The summed E-state index contributed by atoms with van der Waals surface area (Å²) in [6.07, 6.45) is 0.163. The van der Waals surface area contributed by atoms with E-state index in [1.807, 2.05) is 13.8 Å². The lowest BCUT2D eigenvalue weighted by molar-refractivity contribution is -0.131. The summed E-state index contributed by atoms with van der Waals surface area (Å²) >= 11 is 0.826. The van der Waals surface area contributed by atoms with E-state index in [4.69, 9.17) is 15.2 Å². The summed E-state index contributed by atoms with van der Waals surface area (Å²) in [5, 5.41) is 0. The molecule has 0 bridgehead atoms. The van der Waals surface area contributed by atoms with Crippen LogP contribution in [0.5, 0.6) is 11.5 Å². The third-order valence-electron chi connectivity index (χ3n) is 2.25. The van der Waals surface area contributed by atoms with Gasteiger partial charge in [0.15, 0.2) is 0 Å². The maximum absolute atomic E-state index is 11.5. The number of benzene rings is 1. The van der Waals surface area contributed by atoms with Crippen molar-refractivity contribution in [2.24, 2.45) is 10.3 Å². The number of carbonyl (C=O) groups is 1. The lowest BCUT2D eigenvalue weighted by atomic mass is 10.1. The Kier molecular flexibility index (Phi) is 6.77. The van der Waals surface area contributed by atoms with Crippen LogP contribution >= 0.6 is 19.4 Å². The van der Waals surface area contributed by atoms with Gasteiger partial charge in [0.05, 0.1) is 6.16 Å². The molecule has 1 aromatic carbocycles. The second-order valence-corrected chi connectivity index (χ2v) is 6.04. The fourth-order valence-corrected chi connectivity index (χ4v) is 2.41. The Labute approximate surface area is 117 Å². The lowest BCUT2D eigenvalue weighted by Gasteiger charge is -2.12. The number of hydrogen-bond donors (Lipinski definition) is 1. The van der Waals surface area contributed by atoms with Gasteiger partial charge in [-0.1, -0.05) is 0 Å². The van der Waals surface area contributed by atoms with Gasteiger partial charge in [-0.2, -0.15) is 0 Å². The average Bonchev–Trinajstić information content (AvgIpc) is 2.36. The van der Waals surface area contributed by atoms with Gasteiger partial charge in [-0.25, -0.2) is 0 Å². The highest BCUT2D eigenvalue weighted by Gasteiger charge is 2.10. The molecule has 0 aliphatic rings. The first-order valence-corrected chi connectivity index (χ1v) is 8.15. The number of ether oxygens (including phenoxy) is 2. The fourth-order valence-electron chi connectivity index (χ4n) is 1.39. The third kappa shape index (κ3) is 5.14. The summed E-state index contributed by atoms with van der Waals surface area (Å²) in [6.45, 7) is 3.75. The van der Waals surface area contributed by atoms with Crippen LogP contribution in [-0.2, 0) is 4.79 Å². The summed E-state index contributed by atoms with van der Waals surface area (Å²) in [5.41, 5.74) is 6.95. The van der Waals surface area contributed by atoms with Crippen molar-refractivity contribution in [3.8, 4) is 11.5 Å². The monoisotopic (exact) mass is 302 g/mol. The SMILES string of the molecule is Cc1cc(OC(=O)CPSN=O)c(C)cc1OCN. The van der Waals surface area contributed by atoms with E-state index in [0.29, 0.717) is 11.5 Å². The van der Waals surface area contributed by atoms with E-state index in [-0.39, 0.29) is 26.6 Å². The molecule has 1 atom stereocenters. The van der Waals surface area contributed by atoms with Crippen molar-refractivity contribution in [1.82, 2.24) is 0 Å². The molecule has 0 saturated carbocycles. The number of hydrogen-bond acceptors (Lipinski definition) is 7. The van der Waals surface area contributed by atoms with Crippen molar-refractivity contribution in [3.05, 3.63) is 28.2 Å². The molecule has 0 spiro atoms. The van der Waals surface area contributed by atoms with Crippen molar-refractivity contribution >= 4 is 25.3 Å². The van der Waals surface area contributed by atoms with Gasteiger partial charge < -0.3 is 9.47 Å². The summed E-state index contributed by atoms with van der Waals surface area (Å²) in [6, 6.07) is 3.50. The van der Waals surface area contributed by atoms with Crippen LogP contribution in [-0.4, -0.2) is 18.9 Å². The molecule has 0 aliphatic heterocycles. The van der Waals surface area contributed by atoms with Gasteiger partial charge in [0.2, 0.25) is 0 Å². The molecule has 1 rings (SSSR count). The topological polar surface area (TPSA) is 91.0 Å². The zero-order valence-corrected chi connectivity index (χ0v) is 12.5. The maximum atomic E-state index is 11.5. The average molecular weight is 302 g/mol. The van der Waals surface area contributed by atoms with Crippen molar-refractivity contribution in [3.63, 3.8) is 0 Å². The molecule has 1 unspecified atom stereocenters. The van der Waals surface area contributed by atoms with Gasteiger partial charge in [0.25, 0.3) is 0 Å². The molecule has 6 nitrogen and oxygen atoms in total. The Balaban J connectivity index is 2.70. The minimum Gasteiger partial charge on any atom is -0.478 e. The Morgan fingerprint density at radius 1 is 1.37 bits per heavy atom. The zero-order valence-electron chi connectivity index (χ0n) is 10.6. The van der Waals surface area contributed by atoms with E-state index >= 15 is 0 Å². The molecule has 0 fully saturated rings. The smallest absolute Gasteiger partial charge is 0.316 e. The van der Waals surface area contributed by atoms with E-state index in [9.17, 15) is 9.70 Å². The van der Waals surface area contributed by atoms with E-state index in [2.05, 4.69) is 4.58 Å². The second kappa shape index (κ2) is 8.09. The number of esters is 1. The van der Waals surface area contributed by atoms with E-state index in [1.165, 1.54) is 0 Å². The molecule has 0 heterocycles. The van der Waals surface area contributed by atoms with Crippen molar-refractivity contribution in [2.45, 2.75) is 13.8 Å². The van der Waals surface area contributed by atoms with Crippen molar-refractivity contribution in [1.29, 1.82) is 0 Å². The van der Waals surface area contributed by atoms with Crippen LogP contribution < -0.4 is 15.2 Å². The van der Waals surface area contributed by atoms with Crippen LogP contribution in [0.15, 0.2) is 16.7 Å². The van der Waals surface area contributed by atoms with Gasteiger partial charge in [0, 0.05) is 16.1 Å². The Morgan fingerprint density at radius 2 is 2.00 bits per heavy atom. The highest BCUT2D eigenvalue weighted by atomic mass is 32.7. The number of rotatable bonds is 7. The zero-order chi connectivity index (χ0) is 14.3. The van der Waals surface area contributed by atoms with Crippen LogP contribution in [0.2, 0.25) is 0 Å². The number of nitrogens with two attached hydrogens (primary N) is 1. The first-order chi connectivity index (χ1) is 9.08. The van der Waals surface area contributed by atoms with Gasteiger partial charge in [-0.3, -0.25) is 10.5 Å². The fraction of sp³-hybridized carbons (Fsp3) is 0.364. The molecule has 2 N–H and O–H groups in total. The summed E-state index contributed by atoms with van der Waals surface area (Å²) < 4.78 is 13.1. The first kappa shape index (κ1) is 15.9. The predicted octanol–water partition coefficient (Wildman–Crippen LogP) is 2.51. The van der Waals surface area contributed by atoms with Crippen LogP contribution in [0.1, 0.15) is 11.1 Å². The van der Waals surface area contributed by atoms with E-state index in [0.717, 1.165) is 22.7 Å². The normalized spacial score (nSPS) is 10.7. The number of nitroso groups, excluding NO2 is 1. The van der Waals surface area contributed by atoms with Gasteiger partial charge in [0.1, 0.15) is 18.2 Å². The minimum atomic E-state index is -0.385. The molecule has 104 valence electrons. The van der Waals surface area contributed by atoms with E-state index in [1.54, 1.807) is 12.1 Å². The van der Waals surface area contributed by atoms with Crippen molar-refractivity contribution < 1.29 is 14.3 Å². The van der Waals surface area contributed by atoms with Gasteiger partial charge in [-0.15, -0.1) is 4.91 Å². The standard InChI is InChI=1S/C11H15N2O4PS/c1-7-4-10(8(2)3-9(7)16-6-12)17-11(14)5-18-19-13-15/h3-4,18H,5-6,12H2,1-2H3. The highest BCUT2D eigenvalue weighted by molar-refractivity contribution is 8.48. The molecule has 0 radical (unpaired) electrons. The second-order valence-electron chi connectivity index (χ2n) is 3.66. The molecule has 1 aromatic rings. The molecule has 8 heteroatoms. The number of nitrogens with zero attached hydrogens (tertiary/aromatic N) is 1. The molecule has 0 saturated heterocycles. The summed E-state index contributed by atoms with van der Waals surface area (Å²) in [4.78, 5) is 21.4. The Hall–Kier alpha value is -1.17. The third-order valence-corrected chi connectivity index (χ3v) is 3.93. The maximum Gasteiger partial charge on any atom is 0.316 e. The first-order valence-electron chi connectivity index (χ1n) is 5.44. The van der Waals surface area contributed by atoms with E-state index < -0.39 is 0 Å². The Morgan fingerprint density at radius 3 is 2.63 bits per heavy atom. The number of carbonyl (C=O) groups excluding carboxylic acids is 1. The molecular formula is C11H15N2O4PS. The lowest BCUT2D eigenvalue weighted by Crippen LogP contribution is -2.11. The number of aryl methyl sites for hydroxylation is 2. The molecule has 19 heavy (non-hydrogen) atoms.